The molecule has 1 aromatic heterocycles. The van der Waals surface area contributed by atoms with Crippen molar-refractivity contribution in [2.45, 2.75) is 19.3 Å². The minimum absolute atomic E-state index is 0.0362. The summed E-state index contributed by atoms with van der Waals surface area (Å²) in [6.07, 6.45) is 4.02. The van der Waals surface area contributed by atoms with Gasteiger partial charge in [0.05, 0.1) is 11.2 Å². The third-order valence-corrected chi connectivity index (χ3v) is 3.62. The maximum absolute atomic E-state index is 12.1. The molecular formula is C19H18N2O. The van der Waals surface area contributed by atoms with Crippen LogP contribution in [0.5, 0.6) is 0 Å². The molecule has 0 saturated carbocycles. The molecule has 0 bridgehead atoms. The van der Waals surface area contributed by atoms with Crippen LogP contribution in [-0.2, 0) is 11.2 Å². The van der Waals surface area contributed by atoms with Crippen LogP contribution < -0.4 is 5.32 Å². The van der Waals surface area contributed by atoms with Crippen LogP contribution in [0.4, 0.5) is 5.69 Å². The van der Waals surface area contributed by atoms with Crippen molar-refractivity contribution in [3.63, 3.8) is 0 Å². The van der Waals surface area contributed by atoms with Gasteiger partial charge in [-0.1, -0.05) is 48.5 Å². The summed E-state index contributed by atoms with van der Waals surface area (Å²) < 4.78 is 0. The largest absolute Gasteiger partial charge is 0.324 e. The van der Waals surface area contributed by atoms with E-state index < -0.39 is 0 Å². The number of nitrogens with one attached hydrogen (secondary N) is 1. The number of para-hydroxylation sites is 1. The van der Waals surface area contributed by atoms with Crippen molar-refractivity contribution in [1.82, 2.24) is 4.98 Å². The summed E-state index contributed by atoms with van der Waals surface area (Å²) >= 11 is 0. The zero-order valence-corrected chi connectivity index (χ0v) is 12.3. The molecule has 0 aliphatic heterocycles. The lowest BCUT2D eigenvalue weighted by Crippen LogP contribution is -2.12. The van der Waals surface area contributed by atoms with Crippen LogP contribution >= 0.6 is 0 Å². The highest BCUT2D eigenvalue weighted by molar-refractivity contribution is 6.00. The minimum atomic E-state index is 0.0362. The van der Waals surface area contributed by atoms with Gasteiger partial charge in [0.15, 0.2) is 0 Å². The first-order valence-electron chi connectivity index (χ1n) is 7.50. The van der Waals surface area contributed by atoms with E-state index in [2.05, 4.69) is 22.4 Å². The second kappa shape index (κ2) is 6.85. The Hall–Kier alpha value is -2.68. The normalized spacial score (nSPS) is 10.5. The molecule has 0 unspecified atom stereocenters. The topological polar surface area (TPSA) is 42.0 Å². The van der Waals surface area contributed by atoms with E-state index in [0.717, 1.165) is 29.4 Å². The summed E-state index contributed by atoms with van der Waals surface area (Å²) in [5.74, 6) is 0.0362. The summed E-state index contributed by atoms with van der Waals surface area (Å²) in [7, 11) is 0. The average Bonchev–Trinajstić information content (AvgIpc) is 2.56. The predicted octanol–water partition coefficient (Wildman–Crippen LogP) is 4.20. The highest BCUT2D eigenvalue weighted by Gasteiger charge is 2.06. The van der Waals surface area contributed by atoms with Crippen LogP contribution in [-0.4, -0.2) is 10.9 Å². The Kier molecular flexibility index (Phi) is 4.44. The van der Waals surface area contributed by atoms with E-state index in [4.69, 9.17) is 0 Å². The van der Waals surface area contributed by atoms with Crippen LogP contribution in [0.2, 0.25) is 0 Å². The van der Waals surface area contributed by atoms with Gasteiger partial charge in [-0.2, -0.15) is 0 Å². The molecule has 0 aliphatic carbocycles. The first-order valence-corrected chi connectivity index (χ1v) is 7.50. The number of rotatable bonds is 5. The van der Waals surface area contributed by atoms with E-state index in [1.165, 1.54) is 5.56 Å². The maximum Gasteiger partial charge on any atom is 0.224 e. The summed E-state index contributed by atoms with van der Waals surface area (Å²) in [6, 6.07) is 19.9. The number of pyridine rings is 1. The summed E-state index contributed by atoms with van der Waals surface area (Å²) in [5.41, 5.74) is 2.88. The van der Waals surface area contributed by atoms with Gasteiger partial charge in [0.2, 0.25) is 5.91 Å². The second-order valence-electron chi connectivity index (χ2n) is 5.27. The number of aromatic nitrogens is 1. The monoisotopic (exact) mass is 290 g/mol. The number of fused-ring (bicyclic) bond motifs is 1. The van der Waals surface area contributed by atoms with Gasteiger partial charge < -0.3 is 5.32 Å². The smallest absolute Gasteiger partial charge is 0.224 e. The van der Waals surface area contributed by atoms with Gasteiger partial charge in [-0.15, -0.1) is 0 Å². The zero-order valence-electron chi connectivity index (χ0n) is 12.3. The zero-order chi connectivity index (χ0) is 15.2. The first-order chi connectivity index (χ1) is 10.8. The van der Waals surface area contributed by atoms with Crippen molar-refractivity contribution in [2.75, 3.05) is 5.32 Å². The molecule has 3 rings (SSSR count). The third-order valence-electron chi connectivity index (χ3n) is 3.62. The SMILES string of the molecule is O=C(CCCc1ccccc1)Nc1cccc2cccnc12. The van der Waals surface area contributed by atoms with Crippen LogP contribution in [0.1, 0.15) is 18.4 Å². The lowest BCUT2D eigenvalue weighted by atomic mass is 10.1. The summed E-state index contributed by atoms with van der Waals surface area (Å²) in [5, 5.41) is 4.00. The van der Waals surface area contributed by atoms with Crippen molar-refractivity contribution in [1.29, 1.82) is 0 Å². The van der Waals surface area contributed by atoms with Crippen molar-refractivity contribution in [3.05, 3.63) is 72.4 Å². The fraction of sp³-hybridized carbons (Fsp3) is 0.158. The molecule has 0 saturated heterocycles. The molecule has 3 heteroatoms. The van der Waals surface area contributed by atoms with Gasteiger partial charge in [0.1, 0.15) is 0 Å². The van der Waals surface area contributed by atoms with E-state index in [0.29, 0.717) is 6.42 Å². The van der Waals surface area contributed by atoms with E-state index >= 15 is 0 Å². The molecule has 0 aliphatic rings. The number of nitrogens with zero attached hydrogens (tertiary/aromatic N) is 1. The minimum Gasteiger partial charge on any atom is -0.324 e. The second-order valence-corrected chi connectivity index (χ2v) is 5.27. The molecule has 3 nitrogen and oxygen atoms in total. The van der Waals surface area contributed by atoms with Crippen LogP contribution in [0.15, 0.2) is 66.9 Å². The fourth-order valence-corrected chi connectivity index (χ4v) is 2.52. The number of amides is 1. The quantitative estimate of drug-likeness (QED) is 0.765. The molecule has 3 aromatic rings. The van der Waals surface area contributed by atoms with Gasteiger partial charge in [-0.05, 0) is 30.5 Å². The molecular weight excluding hydrogens is 272 g/mol. The molecule has 22 heavy (non-hydrogen) atoms. The molecule has 0 radical (unpaired) electrons. The molecule has 2 aromatic carbocycles. The maximum atomic E-state index is 12.1. The lowest BCUT2D eigenvalue weighted by molar-refractivity contribution is -0.116. The molecule has 0 spiro atoms. The fourth-order valence-electron chi connectivity index (χ4n) is 2.52. The highest BCUT2D eigenvalue weighted by Crippen LogP contribution is 2.20. The number of carbonyl (C=O) groups excluding carboxylic acids is 1. The predicted molar refractivity (Wildman–Crippen MR) is 89.8 cm³/mol. The molecule has 0 fully saturated rings. The number of anilines is 1. The third kappa shape index (κ3) is 3.50. The Morgan fingerprint density at radius 2 is 1.77 bits per heavy atom. The first kappa shape index (κ1) is 14.3. The van der Waals surface area contributed by atoms with Crippen molar-refractivity contribution < 1.29 is 4.79 Å². The van der Waals surface area contributed by atoms with E-state index in [-0.39, 0.29) is 5.91 Å². The number of hydrogen-bond acceptors (Lipinski definition) is 2. The Morgan fingerprint density at radius 1 is 0.955 bits per heavy atom. The number of aryl methyl sites for hydroxylation is 1. The molecule has 110 valence electrons. The number of carbonyl (C=O) groups is 1. The standard InChI is InChI=1S/C19H18N2O/c22-18(13-4-9-15-7-2-1-3-8-15)21-17-12-5-10-16-11-6-14-20-19(16)17/h1-3,5-8,10-12,14H,4,9,13H2,(H,21,22). The van der Waals surface area contributed by atoms with Gasteiger partial charge in [-0.25, -0.2) is 0 Å². The Bertz CT molecular complexity index is 763. The van der Waals surface area contributed by atoms with Crippen LogP contribution in [0, 0.1) is 0 Å². The summed E-state index contributed by atoms with van der Waals surface area (Å²) in [6.45, 7) is 0. The molecule has 0 atom stereocenters. The Labute approximate surface area is 130 Å². The van der Waals surface area contributed by atoms with Crippen molar-refractivity contribution in [2.24, 2.45) is 0 Å². The number of benzene rings is 2. The lowest BCUT2D eigenvalue weighted by Gasteiger charge is -2.08. The molecule has 1 N–H and O–H groups in total. The average molecular weight is 290 g/mol. The highest BCUT2D eigenvalue weighted by atomic mass is 16.1. The Balaban J connectivity index is 1.59. The van der Waals surface area contributed by atoms with Crippen molar-refractivity contribution in [3.8, 4) is 0 Å². The molecule has 1 amide bonds. The van der Waals surface area contributed by atoms with Crippen LogP contribution in [0.3, 0.4) is 0 Å². The van der Waals surface area contributed by atoms with E-state index in [9.17, 15) is 4.79 Å². The van der Waals surface area contributed by atoms with E-state index in [1.807, 2.05) is 48.5 Å². The van der Waals surface area contributed by atoms with Gasteiger partial charge in [0.25, 0.3) is 0 Å². The summed E-state index contributed by atoms with van der Waals surface area (Å²) in [4.78, 5) is 16.5. The van der Waals surface area contributed by atoms with Gasteiger partial charge >= 0.3 is 0 Å². The molecule has 1 heterocycles. The van der Waals surface area contributed by atoms with Crippen molar-refractivity contribution >= 4 is 22.5 Å². The Morgan fingerprint density at radius 3 is 2.64 bits per heavy atom. The van der Waals surface area contributed by atoms with Gasteiger partial charge in [-0.3, -0.25) is 9.78 Å². The van der Waals surface area contributed by atoms with E-state index in [1.54, 1.807) is 6.20 Å². The number of hydrogen-bond donors (Lipinski definition) is 1. The van der Waals surface area contributed by atoms with Gasteiger partial charge in [0, 0.05) is 18.0 Å². The van der Waals surface area contributed by atoms with Crippen LogP contribution in [0.25, 0.3) is 10.9 Å².